The Labute approximate surface area is 142 Å². The highest BCUT2D eigenvalue weighted by Crippen LogP contribution is 2.30. The fourth-order valence-electron chi connectivity index (χ4n) is 3.24. The van der Waals surface area contributed by atoms with E-state index in [0.29, 0.717) is 31.0 Å². The normalized spacial score (nSPS) is 17.2. The minimum Gasteiger partial charge on any atom is -0.493 e. The molecule has 0 spiro atoms. The van der Waals surface area contributed by atoms with Crippen molar-refractivity contribution in [3.05, 3.63) is 59.2 Å². The van der Waals surface area contributed by atoms with E-state index in [0.717, 1.165) is 5.56 Å². The number of methoxy groups -OCH3 is 2. The molecule has 126 valence electrons. The predicted octanol–water partition coefficient (Wildman–Crippen LogP) is 2.12. The largest absolute Gasteiger partial charge is 0.493 e. The molecule has 5 nitrogen and oxygen atoms in total. The summed E-state index contributed by atoms with van der Waals surface area (Å²) in [6.45, 7) is 1.33. The van der Waals surface area contributed by atoms with Crippen molar-refractivity contribution in [3.8, 4) is 11.5 Å². The molecule has 0 bridgehead atoms. The van der Waals surface area contributed by atoms with Crippen molar-refractivity contribution in [3.63, 3.8) is 0 Å². The van der Waals surface area contributed by atoms with E-state index in [1.807, 2.05) is 30.3 Å². The first-order valence-electron chi connectivity index (χ1n) is 7.93. The highest BCUT2D eigenvalue weighted by molar-refractivity contribution is 5.80. The molecule has 1 atom stereocenters. The number of amides is 1. The van der Waals surface area contributed by atoms with Gasteiger partial charge >= 0.3 is 0 Å². The van der Waals surface area contributed by atoms with Crippen LogP contribution in [0.3, 0.4) is 0 Å². The average Bonchev–Trinajstić information content (AvgIpc) is 2.60. The van der Waals surface area contributed by atoms with E-state index in [1.54, 1.807) is 14.2 Å². The zero-order valence-electron chi connectivity index (χ0n) is 14.0. The topological polar surface area (TPSA) is 64.8 Å². The summed E-state index contributed by atoms with van der Waals surface area (Å²) in [5.41, 5.74) is 9.14. The van der Waals surface area contributed by atoms with Crippen LogP contribution in [0.15, 0.2) is 42.5 Å². The zero-order valence-corrected chi connectivity index (χ0v) is 14.0. The summed E-state index contributed by atoms with van der Waals surface area (Å²) in [4.78, 5) is 14.0. The van der Waals surface area contributed by atoms with Gasteiger partial charge in [0.05, 0.1) is 20.3 Å². The molecule has 2 aromatic carbocycles. The van der Waals surface area contributed by atoms with Gasteiger partial charge in [-0.3, -0.25) is 9.69 Å². The summed E-state index contributed by atoms with van der Waals surface area (Å²) >= 11 is 0. The Bertz CT molecular complexity index is 745. The molecular formula is C19H22N2O3. The summed E-state index contributed by atoms with van der Waals surface area (Å²) in [5, 5.41) is 0. The van der Waals surface area contributed by atoms with Crippen LogP contribution in [0.4, 0.5) is 0 Å². The first kappa shape index (κ1) is 16.3. The molecule has 0 radical (unpaired) electrons. The summed E-state index contributed by atoms with van der Waals surface area (Å²) in [5.74, 6) is 1.09. The second-order valence-corrected chi connectivity index (χ2v) is 5.99. The van der Waals surface area contributed by atoms with Crippen LogP contribution in [0.1, 0.15) is 16.7 Å². The monoisotopic (exact) mass is 326 g/mol. The van der Waals surface area contributed by atoms with Crippen LogP contribution in [-0.4, -0.2) is 31.1 Å². The van der Waals surface area contributed by atoms with Crippen molar-refractivity contribution in [2.24, 2.45) is 5.73 Å². The number of carbonyl (C=O) groups excluding carboxylic acids is 1. The standard InChI is InChI=1S/C19H22N2O3/c1-23-17-8-7-13(9-18(17)24-2)11-21-12-15-6-4-3-5-14(15)10-16(21)19(20)22/h3-9,16H,10-12H2,1-2H3,(H2,20,22)/t16-/m0/s1. The van der Waals surface area contributed by atoms with Crippen LogP contribution in [0.5, 0.6) is 11.5 Å². The van der Waals surface area contributed by atoms with Gasteiger partial charge in [-0.25, -0.2) is 0 Å². The van der Waals surface area contributed by atoms with Crippen molar-refractivity contribution in [2.45, 2.75) is 25.6 Å². The molecule has 3 rings (SSSR count). The summed E-state index contributed by atoms with van der Waals surface area (Å²) in [6.07, 6.45) is 0.652. The Morgan fingerprint density at radius 1 is 1.12 bits per heavy atom. The van der Waals surface area contributed by atoms with Crippen LogP contribution in [0.2, 0.25) is 0 Å². The van der Waals surface area contributed by atoms with Crippen LogP contribution < -0.4 is 15.2 Å². The van der Waals surface area contributed by atoms with Crippen molar-refractivity contribution < 1.29 is 14.3 Å². The lowest BCUT2D eigenvalue weighted by Crippen LogP contribution is -2.48. The number of rotatable bonds is 5. The third-order valence-corrected chi connectivity index (χ3v) is 4.51. The van der Waals surface area contributed by atoms with Crippen molar-refractivity contribution >= 4 is 5.91 Å². The first-order chi connectivity index (χ1) is 11.6. The molecule has 2 N–H and O–H groups in total. The number of benzene rings is 2. The number of primary amides is 1. The molecule has 0 saturated carbocycles. The minimum atomic E-state index is -0.298. The number of nitrogens with zero attached hydrogens (tertiary/aromatic N) is 1. The summed E-state index contributed by atoms with van der Waals surface area (Å²) in [6, 6.07) is 13.7. The average molecular weight is 326 g/mol. The van der Waals surface area contributed by atoms with Gasteiger partial charge < -0.3 is 15.2 Å². The number of hydrogen-bond acceptors (Lipinski definition) is 4. The molecule has 2 aromatic rings. The van der Waals surface area contributed by atoms with Gasteiger partial charge in [0.25, 0.3) is 0 Å². The Morgan fingerprint density at radius 2 is 1.83 bits per heavy atom. The van der Waals surface area contributed by atoms with Crippen molar-refractivity contribution in [1.82, 2.24) is 4.90 Å². The molecule has 1 aliphatic rings. The van der Waals surface area contributed by atoms with E-state index in [1.165, 1.54) is 11.1 Å². The second kappa shape index (κ2) is 6.93. The lowest BCUT2D eigenvalue weighted by Gasteiger charge is -2.35. The fourth-order valence-corrected chi connectivity index (χ4v) is 3.24. The van der Waals surface area contributed by atoms with Gasteiger partial charge in [-0.1, -0.05) is 30.3 Å². The second-order valence-electron chi connectivity index (χ2n) is 5.99. The Morgan fingerprint density at radius 3 is 2.50 bits per heavy atom. The fraction of sp³-hybridized carbons (Fsp3) is 0.316. The van der Waals surface area contributed by atoms with Crippen molar-refractivity contribution in [1.29, 1.82) is 0 Å². The minimum absolute atomic E-state index is 0.287. The smallest absolute Gasteiger partial charge is 0.235 e. The van der Waals surface area contributed by atoms with Crippen LogP contribution in [0.25, 0.3) is 0 Å². The Hall–Kier alpha value is -2.53. The van der Waals surface area contributed by atoms with E-state index in [9.17, 15) is 4.79 Å². The van der Waals surface area contributed by atoms with Gasteiger partial charge in [-0.2, -0.15) is 0 Å². The molecule has 0 aromatic heterocycles. The van der Waals surface area contributed by atoms with E-state index in [2.05, 4.69) is 17.0 Å². The molecule has 0 fully saturated rings. The third-order valence-electron chi connectivity index (χ3n) is 4.51. The van der Waals surface area contributed by atoms with Gasteiger partial charge in [-0.15, -0.1) is 0 Å². The van der Waals surface area contributed by atoms with E-state index < -0.39 is 0 Å². The molecule has 0 unspecified atom stereocenters. The van der Waals surface area contributed by atoms with Gasteiger partial charge in [0.15, 0.2) is 11.5 Å². The highest BCUT2D eigenvalue weighted by Gasteiger charge is 2.30. The van der Waals surface area contributed by atoms with Crippen LogP contribution in [0, 0.1) is 0 Å². The summed E-state index contributed by atoms with van der Waals surface area (Å²) < 4.78 is 10.6. The van der Waals surface area contributed by atoms with Crippen LogP contribution >= 0.6 is 0 Å². The van der Waals surface area contributed by atoms with Gasteiger partial charge in [0.2, 0.25) is 5.91 Å². The molecule has 5 heteroatoms. The predicted molar refractivity (Wildman–Crippen MR) is 91.9 cm³/mol. The molecule has 1 amide bonds. The number of carbonyl (C=O) groups is 1. The molecule has 0 saturated heterocycles. The number of ether oxygens (including phenoxy) is 2. The molecular weight excluding hydrogens is 304 g/mol. The zero-order chi connectivity index (χ0) is 17.1. The van der Waals surface area contributed by atoms with Crippen LogP contribution in [-0.2, 0) is 24.3 Å². The SMILES string of the molecule is COc1ccc(CN2Cc3ccccc3C[C@H]2C(N)=O)cc1OC. The number of hydrogen-bond donors (Lipinski definition) is 1. The maximum atomic E-state index is 11.9. The Kier molecular flexibility index (Phi) is 4.71. The first-order valence-corrected chi connectivity index (χ1v) is 7.93. The van der Waals surface area contributed by atoms with Gasteiger partial charge in [-0.05, 0) is 35.2 Å². The van der Waals surface area contributed by atoms with Gasteiger partial charge in [0.1, 0.15) is 0 Å². The maximum absolute atomic E-state index is 11.9. The Balaban J connectivity index is 1.86. The van der Waals surface area contributed by atoms with Crippen molar-refractivity contribution in [2.75, 3.05) is 14.2 Å². The van der Waals surface area contributed by atoms with Gasteiger partial charge in [0, 0.05) is 13.1 Å². The van der Waals surface area contributed by atoms with E-state index >= 15 is 0 Å². The summed E-state index contributed by atoms with van der Waals surface area (Å²) in [7, 11) is 3.23. The molecule has 24 heavy (non-hydrogen) atoms. The molecule has 0 aliphatic carbocycles. The van der Waals surface area contributed by atoms with E-state index in [-0.39, 0.29) is 11.9 Å². The highest BCUT2D eigenvalue weighted by atomic mass is 16.5. The number of nitrogens with two attached hydrogens (primary N) is 1. The lowest BCUT2D eigenvalue weighted by molar-refractivity contribution is -0.124. The number of fused-ring (bicyclic) bond motifs is 1. The third kappa shape index (κ3) is 3.21. The lowest BCUT2D eigenvalue weighted by atomic mass is 9.93. The van der Waals surface area contributed by atoms with E-state index in [4.69, 9.17) is 15.2 Å². The molecule has 1 aliphatic heterocycles. The maximum Gasteiger partial charge on any atom is 0.235 e. The quantitative estimate of drug-likeness (QED) is 0.914. The molecule has 1 heterocycles.